The molecule has 2 rings (SSSR count). The lowest BCUT2D eigenvalue weighted by Gasteiger charge is -1.96. The second kappa shape index (κ2) is 3.94. The summed E-state index contributed by atoms with van der Waals surface area (Å²) in [6, 6.07) is 5.34. The van der Waals surface area contributed by atoms with E-state index < -0.39 is 5.97 Å². The predicted octanol–water partition coefficient (Wildman–Crippen LogP) is 2.18. The Labute approximate surface area is 90.3 Å². The van der Waals surface area contributed by atoms with E-state index in [1.165, 1.54) is 11.8 Å². The van der Waals surface area contributed by atoms with Crippen LogP contribution in [0.1, 0.15) is 5.56 Å². The van der Waals surface area contributed by atoms with Gasteiger partial charge in [-0.2, -0.15) is 0 Å². The first-order valence-corrected chi connectivity index (χ1v) is 5.57. The van der Waals surface area contributed by atoms with Crippen LogP contribution < -0.4 is 0 Å². The third-order valence-electron chi connectivity index (χ3n) is 1.99. The van der Waals surface area contributed by atoms with Crippen molar-refractivity contribution in [2.24, 2.45) is 0 Å². The van der Waals surface area contributed by atoms with Crippen molar-refractivity contribution in [3.05, 3.63) is 23.8 Å². The fourth-order valence-corrected chi connectivity index (χ4v) is 1.73. The second-order valence-electron chi connectivity index (χ2n) is 3.02. The highest BCUT2D eigenvalue weighted by molar-refractivity contribution is 7.98. The minimum Gasteiger partial charge on any atom is -0.481 e. The summed E-state index contributed by atoms with van der Waals surface area (Å²) in [4.78, 5) is 14.8. The van der Waals surface area contributed by atoms with Crippen molar-refractivity contribution in [2.75, 3.05) is 6.26 Å². The maximum atomic E-state index is 10.6. The minimum absolute atomic E-state index is 0.0413. The van der Waals surface area contributed by atoms with E-state index in [0.29, 0.717) is 21.9 Å². The third-order valence-corrected chi connectivity index (χ3v) is 2.52. The van der Waals surface area contributed by atoms with Crippen LogP contribution in [0.25, 0.3) is 11.1 Å². The van der Waals surface area contributed by atoms with Crippen LogP contribution in [0.15, 0.2) is 27.8 Å². The molecule has 78 valence electrons. The van der Waals surface area contributed by atoms with E-state index in [0.717, 1.165) is 0 Å². The quantitative estimate of drug-likeness (QED) is 0.808. The molecule has 0 aliphatic heterocycles. The topological polar surface area (TPSA) is 63.3 Å². The van der Waals surface area contributed by atoms with Gasteiger partial charge in [-0.15, -0.1) is 0 Å². The molecule has 0 saturated carbocycles. The molecule has 0 saturated heterocycles. The molecule has 1 aromatic carbocycles. The van der Waals surface area contributed by atoms with Gasteiger partial charge in [0.1, 0.15) is 5.52 Å². The summed E-state index contributed by atoms with van der Waals surface area (Å²) in [6.07, 6.45) is 1.82. The van der Waals surface area contributed by atoms with Crippen molar-refractivity contribution < 1.29 is 14.3 Å². The second-order valence-corrected chi connectivity index (χ2v) is 3.78. The van der Waals surface area contributed by atoms with Crippen molar-refractivity contribution in [1.82, 2.24) is 4.98 Å². The van der Waals surface area contributed by atoms with E-state index >= 15 is 0 Å². The standard InChI is InChI=1S/C10H9NO3S/c1-15-10-11-7-4-2-3-6(5-8(12)13)9(7)14-10/h2-4H,5H2,1H3,(H,12,13). The number of hydrogen-bond acceptors (Lipinski definition) is 4. The van der Waals surface area contributed by atoms with Crippen LogP contribution in [0.5, 0.6) is 0 Å². The van der Waals surface area contributed by atoms with Crippen molar-refractivity contribution >= 4 is 28.8 Å². The molecule has 0 fully saturated rings. The zero-order valence-corrected chi connectivity index (χ0v) is 8.87. The molecule has 0 aliphatic rings. The Bertz CT molecular complexity index is 506. The molecule has 15 heavy (non-hydrogen) atoms. The van der Waals surface area contributed by atoms with Crippen LogP contribution in [0.3, 0.4) is 0 Å². The fraction of sp³-hybridized carbons (Fsp3) is 0.200. The van der Waals surface area contributed by atoms with E-state index in [9.17, 15) is 4.79 Å². The number of carbonyl (C=O) groups is 1. The molecule has 0 spiro atoms. The average molecular weight is 223 g/mol. The molecule has 0 radical (unpaired) electrons. The minimum atomic E-state index is -0.871. The predicted molar refractivity (Wildman–Crippen MR) is 57.1 cm³/mol. The molecule has 0 aliphatic carbocycles. The van der Waals surface area contributed by atoms with Gasteiger partial charge in [0.25, 0.3) is 5.22 Å². The number of aliphatic carboxylic acids is 1. The van der Waals surface area contributed by atoms with Gasteiger partial charge in [-0.1, -0.05) is 23.9 Å². The van der Waals surface area contributed by atoms with E-state index in [4.69, 9.17) is 9.52 Å². The Morgan fingerprint density at radius 2 is 2.40 bits per heavy atom. The largest absolute Gasteiger partial charge is 0.481 e. The smallest absolute Gasteiger partial charge is 0.307 e. The lowest BCUT2D eigenvalue weighted by atomic mass is 10.1. The average Bonchev–Trinajstić information content (AvgIpc) is 2.61. The highest BCUT2D eigenvalue weighted by Crippen LogP contribution is 2.24. The Balaban J connectivity index is 2.54. The number of aromatic nitrogens is 1. The van der Waals surface area contributed by atoms with E-state index in [1.54, 1.807) is 12.1 Å². The number of carboxylic acid groups (broad SMARTS) is 1. The molecule has 0 unspecified atom stereocenters. The first-order valence-electron chi connectivity index (χ1n) is 4.35. The number of rotatable bonds is 3. The summed E-state index contributed by atoms with van der Waals surface area (Å²) in [5.41, 5.74) is 1.94. The van der Waals surface area contributed by atoms with E-state index in [-0.39, 0.29) is 6.42 Å². The van der Waals surface area contributed by atoms with Crippen LogP contribution >= 0.6 is 11.8 Å². The lowest BCUT2D eigenvalue weighted by molar-refractivity contribution is -0.136. The number of hydrogen-bond donors (Lipinski definition) is 1. The fourth-order valence-electron chi connectivity index (χ4n) is 1.38. The number of oxazole rings is 1. The van der Waals surface area contributed by atoms with Crippen LogP contribution in [-0.2, 0) is 11.2 Å². The van der Waals surface area contributed by atoms with Crippen molar-refractivity contribution in [3.63, 3.8) is 0 Å². The number of benzene rings is 1. The van der Waals surface area contributed by atoms with Crippen molar-refractivity contribution in [2.45, 2.75) is 11.6 Å². The normalized spacial score (nSPS) is 10.7. The summed E-state index contributed by atoms with van der Waals surface area (Å²) in [5.74, 6) is -0.871. The number of carboxylic acids is 1. The summed E-state index contributed by atoms with van der Waals surface area (Å²) >= 11 is 1.40. The maximum absolute atomic E-state index is 10.6. The van der Waals surface area contributed by atoms with Crippen LogP contribution in [-0.4, -0.2) is 22.3 Å². The number of nitrogens with zero attached hydrogens (tertiary/aromatic N) is 1. The van der Waals surface area contributed by atoms with Gasteiger partial charge in [0.2, 0.25) is 0 Å². The SMILES string of the molecule is CSc1nc2cccc(CC(=O)O)c2o1. The first kappa shape index (κ1) is 10.0. The van der Waals surface area contributed by atoms with Gasteiger partial charge in [0.05, 0.1) is 6.42 Å². The molecule has 1 aromatic heterocycles. The zero-order chi connectivity index (χ0) is 10.8. The molecule has 0 bridgehead atoms. The summed E-state index contributed by atoms with van der Waals surface area (Å²) in [5, 5.41) is 9.28. The van der Waals surface area contributed by atoms with Crippen molar-refractivity contribution in [3.8, 4) is 0 Å². The Kier molecular flexibility index (Phi) is 2.64. The summed E-state index contributed by atoms with van der Waals surface area (Å²) in [6.45, 7) is 0. The maximum Gasteiger partial charge on any atom is 0.307 e. The van der Waals surface area contributed by atoms with Crippen LogP contribution in [0.4, 0.5) is 0 Å². The molecule has 0 amide bonds. The highest BCUT2D eigenvalue weighted by Gasteiger charge is 2.11. The van der Waals surface area contributed by atoms with Crippen LogP contribution in [0, 0.1) is 0 Å². The van der Waals surface area contributed by atoms with Gasteiger partial charge in [0, 0.05) is 5.56 Å². The Morgan fingerprint density at radius 3 is 3.07 bits per heavy atom. The molecule has 4 nitrogen and oxygen atoms in total. The van der Waals surface area contributed by atoms with Gasteiger partial charge in [0.15, 0.2) is 5.58 Å². The van der Waals surface area contributed by atoms with Crippen molar-refractivity contribution in [1.29, 1.82) is 0 Å². The lowest BCUT2D eigenvalue weighted by Crippen LogP contribution is -1.99. The molecular formula is C10H9NO3S. The molecule has 1 N–H and O–H groups in total. The first-order chi connectivity index (χ1) is 7.20. The van der Waals surface area contributed by atoms with E-state index in [2.05, 4.69) is 4.98 Å². The molecular weight excluding hydrogens is 214 g/mol. The third kappa shape index (κ3) is 1.97. The van der Waals surface area contributed by atoms with Gasteiger partial charge in [-0.05, 0) is 12.3 Å². The summed E-state index contributed by atoms with van der Waals surface area (Å²) in [7, 11) is 0. The van der Waals surface area contributed by atoms with Gasteiger partial charge < -0.3 is 9.52 Å². The van der Waals surface area contributed by atoms with Gasteiger partial charge >= 0.3 is 5.97 Å². The van der Waals surface area contributed by atoms with Crippen LogP contribution in [0.2, 0.25) is 0 Å². The molecule has 0 atom stereocenters. The van der Waals surface area contributed by atoms with Gasteiger partial charge in [-0.25, -0.2) is 4.98 Å². The number of para-hydroxylation sites is 1. The molecule has 1 heterocycles. The number of thioether (sulfide) groups is 1. The molecule has 5 heteroatoms. The monoisotopic (exact) mass is 223 g/mol. The Morgan fingerprint density at radius 1 is 1.60 bits per heavy atom. The molecule has 2 aromatic rings. The number of fused-ring (bicyclic) bond motifs is 1. The van der Waals surface area contributed by atoms with Gasteiger partial charge in [-0.3, -0.25) is 4.79 Å². The highest BCUT2D eigenvalue weighted by atomic mass is 32.2. The Hall–Kier alpha value is -1.49. The summed E-state index contributed by atoms with van der Waals surface area (Å²) < 4.78 is 5.44. The van der Waals surface area contributed by atoms with E-state index in [1.807, 2.05) is 12.3 Å². The zero-order valence-electron chi connectivity index (χ0n) is 8.06.